The molecular formula is C18H18OS2. The van der Waals surface area contributed by atoms with Gasteiger partial charge in [-0.05, 0) is 54.2 Å². The molecule has 1 aromatic heterocycles. The van der Waals surface area contributed by atoms with Crippen molar-refractivity contribution in [2.75, 3.05) is 5.75 Å². The third kappa shape index (κ3) is 2.58. The highest BCUT2D eigenvalue weighted by molar-refractivity contribution is 7.98. The topological polar surface area (TPSA) is 17.1 Å². The van der Waals surface area contributed by atoms with E-state index in [2.05, 4.69) is 18.2 Å². The van der Waals surface area contributed by atoms with E-state index < -0.39 is 0 Å². The summed E-state index contributed by atoms with van der Waals surface area (Å²) in [4.78, 5) is 15.1. The molecule has 0 unspecified atom stereocenters. The summed E-state index contributed by atoms with van der Waals surface area (Å²) in [6, 6.07) is 10.4. The summed E-state index contributed by atoms with van der Waals surface area (Å²) in [5, 5.41) is 0. The van der Waals surface area contributed by atoms with Gasteiger partial charge < -0.3 is 0 Å². The molecule has 0 radical (unpaired) electrons. The molecule has 0 amide bonds. The van der Waals surface area contributed by atoms with Gasteiger partial charge in [0.15, 0.2) is 0 Å². The first-order valence-corrected chi connectivity index (χ1v) is 9.62. The van der Waals surface area contributed by atoms with Crippen LogP contribution in [0.25, 0.3) is 0 Å². The lowest BCUT2D eigenvalue weighted by atomic mass is 9.79. The van der Waals surface area contributed by atoms with Gasteiger partial charge in [-0.2, -0.15) is 11.8 Å². The summed E-state index contributed by atoms with van der Waals surface area (Å²) in [7, 11) is 0. The first kappa shape index (κ1) is 13.6. The molecular weight excluding hydrogens is 296 g/mol. The Morgan fingerprint density at radius 3 is 2.86 bits per heavy atom. The summed E-state index contributed by atoms with van der Waals surface area (Å²) in [5.74, 6) is 3.16. The molecule has 3 heteroatoms. The third-order valence-electron chi connectivity index (χ3n) is 4.58. The second-order valence-corrected chi connectivity index (χ2v) is 8.19. The van der Waals surface area contributed by atoms with Crippen molar-refractivity contribution in [1.82, 2.24) is 0 Å². The van der Waals surface area contributed by atoms with E-state index >= 15 is 0 Å². The van der Waals surface area contributed by atoms with E-state index in [-0.39, 0.29) is 5.78 Å². The maximum absolute atomic E-state index is 12.7. The van der Waals surface area contributed by atoms with Gasteiger partial charge >= 0.3 is 0 Å². The van der Waals surface area contributed by atoms with Gasteiger partial charge in [0.1, 0.15) is 0 Å². The van der Waals surface area contributed by atoms with Crippen LogP contribution in [0.2, 0.25) is 0 Å². The summed E-state index contributed by atoms with van der Waals surface area (Å²) in [6.07, 6.45) is 5.02. The molecule has 21 heavy (non-hydrogen) atoms. The van der Waals surface area contributed by atoms with Crippen LogP contribution in [0, 0.1) is 0 Å². The average molecular weight is 314 g/mol. The van der Waals surface area contributed by atoms with Crippen molar-refractivity contribution < 1.29 is 4.79 Å². The van der Waals surface area contributed by atoms with Crippen molar-refractivity contribution in [2.45, 2.75) is 37.4 Å². The predicted octanol–water partition coefficient (Wildman–Crippen LogP) is 5.04. The van der Waals surface area contributed by atoms with Gasteiger partial charge in [-0.3, -0.25) is 4.79 Å². The van der Waals surface area contributed by atoms with Crippen molar-refractivity contribution in [2.24, 2.45) is 0 Å². The van der Waals surface area contributed by atoms with Crippen LogP contribution in [0.15, 0.2) is 30.3 Å². The zero-order valence-electron chi connectivity index (χ0n) is 11.9. The van der Waals surface area contributed by atoms with E-state index in [0.717, 1.165) is 22.6 Å². The zero-order valence-corrected chi connectivity index (χ0v) is 13.6. The molecule has 1 fully saturated rings. The number of carbonyl (C=O) groups excluding carboxylic acids is 1. The number of fused-ring (bicyclic) bond motifs is 1. The summed E-state index contributed by atoms with van der Waals surface area (Å²) in [5.41, 5.74) is 3.60. The van der Waals surface area contributed by atoms with E-state index in [4.69, 9.17) is 0 Å². The largest absolute Gasteiger partial charge is 0.288 e. The Kier molecular flexibility index (Phi) is 3.64. The maximum atomic E-state index is 12.7. The molecule has 0 N–H and O–H groups in total. The molecule has 2 aliphatic rings. The third-order valence-corrected chi connectivity index (χ3v) is 6.82. The molecule has 0 saturated heterocycles. The maximum Gasteiger partial charge on any atom is 0.202 e. The number of hydrogen-bond donors (Lipinski definition) is 0. The lowest BCUT2D eigenvalue weighted by Crippen LogP contribution is -2.09. The first-order chi connectivity index (χ1) is 10.3. The molecule has 108 valence electrons. The molecule has 0 bridgehead atoms. The molecule has 1 nitrogen and oxygen atoms in total. The lowest BCUT2D eigenvalue weighted by molar-refractivity contribution is 0.104. The van der Waals surface area contributed by atoms with Crippen LogP contribution in [0.4, 0.5) is 0 Å². The van der Waals surface area contributed by atoms with Crippen molar-refractivity contribution in [3.63, 3.8) is 0 Å². The second-order valence-electron chi connectivity index (χ2n) is 5.94. The highest BCUT2D eigenvalue weighted by Crippen LogP contribution is 2.37. The number of rotatable bonds is 3. The number of aryl methyl sites for hydroxylation is 1. The van der Waals surface area contributed by atoms with Crippen molar-refractivity contribution in [1.29, 1.82) is 0 Å². The fourth-order valence-electron chi connectivity index (χ4n) is 3.08. The lowest BCUT2D eigenvalue weighted by Gasteiger charge is -2.26. The number of benzene rings is 1. The SMILES string of the molecule is O=C(c1cccc(C2CCC2)c1)c1cc2c(s1)CCSC2. The molecule has 0 spiro atoms. The van der Waals surface area contributed by atoms with Crippen LogP contribution in [-0.2, 0) is 12.2 Å². The Hall–Kier alpha value is -1.06. The Labute approximate surface area is 133 Å². The minimum atomic E-state index is 0.209. The van der Waals surface area contributed by atoms with Gasteiger partial charge in [0.2, 0.25) is 5.78 Å². The van der Waals surface area contributed by atoms with Crippen LogP contribution in [0.3, 0.4) is 0 Å². The van der Waals surface area contributed by atoms with Crippen molar-refractivity contribution in [3.8, 4) is 0 Å². The van der Waals surface area contributed by atoms with Gasteiger partial charge in [-0.25, -0.2) is 0 Å². The van der Waals surface area contributed by atoms with E-state index in [9.17, 15) is 4.79 Å². The fourth-order valence-corrected chi connectivity index (χ4v) is 5.41. The van der Waals surface area contributed by atoms with Gasteiger partial charge in [0, 0.05) is 16.2 Å². The van der Waals surface area contributed by atoms with Crippen LogP contribution < -0.4 is 0 Å². The van der Waals surface area contributed by atoms with Gasteiger partial charge in [-0.15, -0.1) is 11.3 Å². The van der Waals surface area contributed by atoms with Crippen LogP contribution in [0.5, 0.6) is 0 Å². The number of ketones is 1. The molecule has 2 heterocycles. The van der Waals surface area contributed by atoms with E-state index in [0.29, 0.717) is 5.92 Å². The van der Waals surface area contributed by atoms with Gasteiger partial charge in [-0.1, -0.05) is 24.6 Å². The first-order valence-electron chi connectivity index (χ1n) is 7.65. The molecule has 1 saturated carbocycles. The smallest absolute Gasteiger partial charge is 0.202 e. The summed E-state index contributed by atoms with van der Waals surface area (Å²) >= 11 is 3.68. The minimum absolute atomic E-state index is 0.209. The van der Waals surface area contributed by atoms with Crippen molar-refractivity contribution in [3.05, 3.63) is 56.8 Å². The number of thiophene rings is 1. The summed E-state index contributed by atoms with van der Waals surface area (Å²) < 4.78 is 0. The summed E-state index contributed by atoms with van der Waals surface area (Å²) in [6.45, 7) is 0. The predicted molar refractivity (Wildman–Crippen MR) is 90.7 cm³/mol. The van der Waals surface area contributed by atoms with E-state index in [1.54, 1.807) is 11.3 Å². The highest BCUT2D eigenvalue weighted by atomic mass is 32.2. The quantitative estimate of drug-likeness (QED) is 0.739. The molecule has 1 aliphatic heterocycles. The Balaban J connectivity index is 1.63. The number of thioether (sulfide) groups is 1. The van der Waals surface area contributed by atoms with Gasteiger partial charge in [0.05, 0.1) is 4.88 Å². The van der Waals surface area contributed by atoms with Gasteiger partial charge in [0.25, 0.3) is 0 Å². The fraction of sp³-hybridized carbons (Fsp3) is 0.389. The molecule has 1 aromatic carbocycles. The second kappa shape index (κ2) is 5.62. The Bertz CT molecular complexity index is 659. The standard InChI is InChI=1S/C18H18OS2/c19-18(17-10-15-11-20-8-7-16(15)21-17)14-6-2-5-13(9-14)12-3-1-4-12/h2,5-6,9-10,12H,1,3-4,7-8,11H2. The highest BCUT2D eigenvalue weighted by Gasteiger charge is 2.22. The van der Waals surface area contributed by atoms with Crippen LogP contribution in [-0.4, -0.2) is 11.5 Å². The average Bonchev–Trinajstić information content (AvgIpc) is 2.89. The molecule has 2 aromatic rings. The zero-order chi connectivity index (χ0) is 14.2. The van der Waals surface area contributed by atoms with Crippen LogP contribution >= 0.6 is 23.1 Å². The van der Waals surface area contributed by atoms with E-state index in [1.807, 2.05) is 23.9 Å². The number of carbonyl (C=O) groups is 1. The Morgan fingerprint density at radius 2 is 2.10 bits per heavy atom. The molecule has 1 aliphatic carbocycles. The van der Waals surface area contributed by atoms with Crippen molar-refractivity contribution >= 4 is 28.9 Å². The number of hydrogen-bond acceptors (Lipinski definition) is 3. The van der Waals surface area contributed by atoms with Crippen LogP contribution in [0.1, 0.15) is 56.4 Å². The Morgan fingerprint density at radius 1 is 1.19 bits per heavy atom. The normalized spacial score (nSPS) is 18.1. The molecule has 4 rings (SSSR count). The molecule has 0 atom stereocenters. The minimum Gasteiger partial charge on any atom is -0.288 e. The monoisotopic (exact) mass is 314 g/mol. The van der Waals surface area contributed by atoms with E-state index in [1.165, 1.54) is 41.0 Å².